The number of alkyl carbamates (subject to hydrolysis) is 1. The van der Waals surface area contributed by atoms with Crippen molar-refractivity contribution in [3.63, 3.8) is 0 Å². The van der Waals surface area contributed by atoms with Crippen LogP contribution in [0.3, 0.4) is 0 Å². The number of aromatic nitrogens is 2. The van der Waals surface area contributed by atoms with E-state index in [-0.39, 0.29) is 24.9 Å². The predicted octanol–water partition coefficient (Wildman–Crippen LogP) is 4.34. The lowest BCUT2D eigenvalue weighted by molar-refractivity contribution is -0.137. The number of imidazole rings is 1. The minimum atomic E-state index is -0.763. The molecule has 0 radical (unpaired) electrons. The number of amides is 3. The molecule has 3 amide bonds. The molecule has 1 saturated heterocycles. The molecule has 2 unspecified atom stereocenters. The first-order valence-electron chi connectivity index (χ1n) is 11.8. The fourth-order valence-corrected chi connectivity index (χ4v) is 4.20. The molecule has 11 heteroatoms. The van der Waals surface area contributed by atoms with Crippen LogP contribution in [0.2, 0.25) is 0 Å². The summed E-state index contributed by atoms with van der Waals surface area (Å²) in [5.41, 5.74) is 1.05. The molecule has 196 valence electrons. The number of carbonyl (C=O) groups excluding carboxylic acids is 3. The van der Waals surface area contributed by atoms with Crippen LogP contribution in [-0.2, 0) is 14.3 Å². The molecule has 2 N–H and O–H groups in total. The summed E-state index contributed by atoms with van der Waals surface area (Å²) >= 11 is 3.44. The Labute approximate surface area is 219 Å². The van der Waals surface area contributed by atoms with Gasteiger partial charge in [-0.1, -0.05) is 41.9 Å². The number of benzene rings is 1. The number of halogens is 1. The Morgan fingerprint density at radius 1 is 1.17 bits per heavy atom. The van der Waals surface area contributed by atoms with Gasteiger partial charge in [0, 0.05) is 24.1 Å². The van der Waals surface area contributed by atoms with E-state index in [4.69, 9.17) is 9.47 Å². The van der Waals surface area contributed by atoms with Gasteiger partial charge < -0.3 is 24.7 Å². The number of aromatic amines is 1. The molecule has 1 aromatic heterocycles. The van der Waals surface area contributed by atoms with Crippen molar-refractivity contribution >= 4 is 34.0 Å². The highest BCUT2D eigenvalue weighted by atomic mass is 79.9. The smallest absolute Gasteiger partial charge is 0.411 e. The summed E-state index contributed by atoms with van der Waals surface area (Å²) in [6.07, 6.45) is 0.563. The summed E-state index contributed by atoms with van der Waals surface area (Å²) in [6.45, 7) is 9.87. The van der Waals surface area contributed by atoms with Crippen molar-refractivity contribution in [1.82, 2.24) is 25.1 Å². The second kappa shape index (κ2) is 11.3. The van der Waals surface area contributed by atoms with Gasteiger partial charge in [-0.3, -0.25) is 9.69 Å². The Hall–Kier alpha value is -3.08. The number of nitrogens with one attached hydrogen (secondary N) is 2. The van der Waals surface area contributed by atoms with Gasteiger partial charge in [-0.25, -0.2) is 14.6 Å². The van der Waals surface area contributed by atoms with Crippen LogP contribution in [0.5, 0.6) is 0 Å². The quantitative estimate of drug-likeness (QED) is 0.558. The van der Waals surface area contributed by atoms with Crippen molar-refractivity contribution in [2.45, 2.75) is 52.3 Å². The molecule has 2 aromatic rings. The van der Waals surface area contributed by atoms with Crippen molar-refractivity contribution < 1.29 is 23.9 Å². The van der Waals surface area contributed by atoms with Crippen LogP contribution < -0.4 is 5.32 Å². The van der Waals surface area contributed by atoms with E-state index in [2.05, 4.69) is 31.2 Å². The van der Waals surface area contributed by atoms with Gasteiger partial charge in [-0.15, -0.1) is 0 Å². The number of carbonyl (C=O) groups is 3. The molecule has 0 aliphatic carbocycles. The average Bonchev–Trinajstić information content (AvgIpc) is 3.31. The Kier molecular flexibility index (Phi) is 8.65. The topological polar surface area (TPSA) is 117 Å². The molecule has 2 heterocycles. The molecule has 0 saturated carbocycles. The number of H-pyrrole nitrogens is 1. The van der Waals surface area contributed by atoms with E-state index in [0.29, 0.717) is 12.4 Å². The number of ether oxygens (including phenoxy) is 2. The monoisotopic (exact) mass is 563 g/mol. The zero-order valence-corrected chi connectivity index (χ0v) is 23.1. The second-order valence-electron chi connectivity index (χ2n) is 10.0. The third-order valence-corrected chi connectivity index (χ3v) is 6.31. The van der Waals surface area contributed by atoms with Gasteiger partial charge in [0.15, 0.2) is 0 Å². The van der Waals surface area contributed by atoms with Crippen LogP contribution in [0.25, 0.3) is 11.3 Å². The molecule has 3 rings (SSSR count). The number of rotatable bonds is 5. The SMILES string of the molecule is COC(=O)NC(C(=O)N1CCN(C(=O)OC(C)(C)C)C(c2ncc(-c3ccc(Br)cc3)[nH]2)C1)C(C)C. The number of methoxy groups -OCH3 is 1. The maximum atomic E-state index is 13.4. The average molecular weight is 564 g/mol. The first-order valence-corrected chi connectivity index (χ1v) is 12.6. The maximum absolute atomic E-state index is 13.4. The van der Waals surface area contributed by atoms with E-state index in [1.54, 1.807) is 16.0 Å². The van der Waals surface area contributed by atoms with Crippen LogP contribution in [0.4, 0.5) is 9.59 Å². The second-order valence-corrected chi connectivity index (χ2v) is 10.9. The number of hydrogen-bond donors (Lipinski definition) is 2. The molecule has 10 nitrogen and oxygen atoms in total. The van der Waals surface area contributed by atoms with Gasteiger partial charge in [0.2, 0.25) is 5.91 Å². The Morgan fingerprint density at radius 2 is 1.83 bits per heavy atom. The third-order valence-electron chi connectivity index (χ3n) is 5.78. The highest BCUT2D eigenvalue weighted by Crippen LogP contribution is 2.29. The Morgan fingerprint density at radius 3 is 2.42 bits per heavy atom. The minimum absolute atomic E-state index is 0.161. The first-order chi connectivity index (χ1) is 16.9. The molecule has 0 spiro atoms. The number of nitrogens with zero attached hydrogens (tertiary/aromatic N) is 3. The summed E-state index contributed by atoms with van der Waals surface area (Å²) in [7, 11) is 1.26. The van der Waals surface area contributed by atoms with Crippen molar-refractivity contribution in [3.05, 3.63) is 40.8 Å². The van der Waals surface area contributed by atoms with Crippen LogP contribution in [0, 0.1) is 5.92 Å². The van der Waals surface area contributed by atoms with Crippen molar-refractivity contribution in [3.8, 4) is 11.3 Å². The zero-order chi connectivity index (χ0) is 26.6. The molecule has 1 aliphatic heterocycles. The molecule has 1 aromatic carbocycles. The molecule has 0 bridgehead atoms. The Balaban J connectivity index is 1.90. The van der Waals surface area contributed by atoms with E-state index in [1.165, 1.54) is 7.11 Å². The lowest BCUT2D eigenvalue weighted by Crippen LogP contribution is -2.58. The van der Waals surface area contributed by atoms with E-state index in [0.717, 1.165) is 15.7 Å². The molecule has 1 aliphatic rings. The van der Waals surface area contributed by atoms with E-state index in [9.17, 15) is 14.4 Å². The first kappa shape index (κ1) is 27.5. The predicted molar refractivity (Wildman–Crippen MR) is 138 cm³/mol. The van der Waals surface area contributed by atoms with Crippen molar-refractivity contribution in [1.29, 1.82) is 0 Å². The van der Waals surface area contributed by atoms with Gasteiger partial charge in [-0.05, 0) is 44.4 Å². The van der Waals surface area contributed by atoms with Gasteiger partial charge in [-0.2, -0.15) is 0 Å². The molecule has 36 heavy (non-hydrogen) atoms. The summed E-state index contributed by atoms with van der Waals surface area (Å²) in [4.78, 5) is 49.5. The highest BCUT2D eigenvalue weighted by Gasteiger charge is 2.39. The maximum Gasteiger partial charge on any atom is 0.411 e. The van der Waals surface area contributed by atoms with Gasteiger partial charge in [0.1, 0.15) is 23.5 Å². The largest absolute Gasteiger partial charge is 0.453 e. The molecular weight excluding hydrogens is 530 g/mol. The molecule has 2 atom stereocenters. The van der Waals surface area contributed by atoms with Crippen molar-refractivity contribution in [2.75, 3.05) is 26.7 Å². The highest BCUT2D eigenvalue weighted by molar-refractivity contribution is 9.10. The summed E-state index contributed by atoms with van der Waals surface area (Å²) in [5, 5.41) is 2.63. The zero-order valence-electron chi connectivity index (χ0n) is 21.5. The Bertz CT molecular complexity index is 1080. The fourth-order valence-electron chi connectivity index (χ4n) is 3.93. The minimum Gasteiger partial charge on any atom is -0.453 e. The van der Waals surface area contributed by atoms with Crippen LogP contribution in [0.15, 0.2) is 34.9 Å². The van der Waals surface area contributed by atoms with E-state index in [1.807, 2.05) is 58.9 Å². The third kappa shape index (κ3) is 6.77. The van der Waals surface area contributed by atoms with Crippen LogP contribution in [-0.4, -0.2) is 76.2 Å². The lowest BCUT2D eigenvalue weighted by Gasteiger charge is -2.42. The fraction of sp³-hybridized carbons (Fsp3) is 0.520. The van der Waals surface area contributed by atoms with Crippen LogP contribution >= 0.6 is 15.9 Å². The van der Waals surface area contributed by atoms with Crippen molar-refractivity contribution in [2.24, 2.45) is 5.92 Å². The normalized spacial score (nSPS) is 17.1. The summed E-state index contributed by atoms with van der Waals surface area (Å²) < 4.78 is 11.3. The summed E-state index contributed by atoms with van der Waals surface area (Å²) in [6, 6.07) is 6.45. The summed E-state index contributed by atoms with van der Waals surface area (Å²) in [5.74, 6) is 0.133. The van der Waals surface area contributed by atoms with Gasteiger partial charge in [0.25, 0.3) is 0 Å². The number of hydrogen-bond acceptors (Lipinski definition) is 6. The standard InChI is InChI=1S/C25H34BrN5O5/c1-15(2)20(29-23(33)35-6)22(32)30-11-12-31(24(34)36-25(3,4)5)19(14-30)21-27-13-18(28-21)16-7-9-17(26)10-8-16/h7-10,13,15,19-20H,11-12,14H2,1-6H3,(H,27,28)(H,29,33). The number of piperazine rings is 1. The van der Waals surface area contributed by atoms with Crippen LogP contribution in [0.1, 0.15) is 46.5 Å². The van der Waals surface area contributed by atoms with E-state index >= 15 is 0 Å². The van der Waals surface area contributed by atoms with Gasteiger partial charge in [0.05, 0.1) is 19.0 Å². The van der Waals surface area contributed by atoms with E-state index < -0.39 is 29.9 Å². The van der Waals surface area contributed by atoms with Gasteiger partial charge >= 0.3 is 12.2 Å². The molecular formula is C25H34BrN5O5. The molecule has 1 fully saturated rings. The lowest BCUT2D eigenvalue weighted by atomic mass is 10.0.